The smallest absolute Gasteiger partial charge is 0.222 e. The molecular weight excluding hydrogens is 322 g/mol. The first-order chi connectivity index (χ1) is 12.5. The lowest BCUT2D eigenvalue weighted by Gasteiger charge is -2.24. The molecule has 138 valence electrons. The van der Waals surface area contributed by atoms with Crippen LogP contribution in [0.3, 0.4) is 0 Å². The van der Waals surface area contributed by atoms with Crippen LogP contribution >= 0.6 is 0 Å². The molecule has 2 fully saturated rings. The van der Waals surface area contributed by atoms with Crippen molar-refractivity contribution in [2.45, 2.75) is 52.5 Å². The number of nitrogens with zero attached hydrogens (tertiary/aromatic N) is 3. The molecule has 4 heteroatoms. The van der Waals surface area contributed by atoms with Crippen molar-refractivity contribution in [3.8, 4) is 5.69 Å². The Morgan fingerprint density at radius 1 is 1.19 bits per heavy atom. The van der Waals surface area contributed by atoms with E-state index < -0.39 is 0 Å². The molecule has 2 aliphatic carbocycles. The number of para-hydroxylation sites is 1. The van der Waals surface area contributed by atoms with Crippen molar-refractivity contribution in [3.05, 3.63) is 47.3 Å². The maximum Gasteiger partial charge on any atom is 0.222 e. The van der Waals surface area contributed by atoms with Crippen molar-refractivity contribution in [3.63, 3.8) is 0 Å². The van der Waals surface area contributed by atoms with E-state index in [9.17, 15) is 4.79 Å². The van der Waals surface area contributed by atoms with Crippen LogP contribution in [0.2, 0.25) is 0 Å². The van der Waals surface area contributed by atoms with Crippen LogP contribution in [0.25, 0.3) is 5.69 Å². The second-order valence-corrected chi connectivity index (χ2v) is 8.29. The quantitative estimate of drug-likeness (QED) is 0.807. The van der Waals surface area contributed by atoms with Crippen molar-refractivity contribution in [2.24, 2.45) is 17.8 Å². The minimum Gasteiger partial charge on any atom is -0.341 e. The number of aromatic nitrogens is 2. The predicted octanol–water partition coefficient (Wildman–Crippen LogP) is 4.27. The van der Waals surface area contributed by atoms with E-state index in [2.05, 4.69) is 19.1 Å². The molecular formula is C22H29N3O. The molecule has 2 aliphatic rings. The fraction of sp³-hybridized carbons (Fsp3) is 0.545. The molecule has 0 aliphatic heterocycles. The lowest BCUT2D eigenvalue weighted by Crippen LogP contribution is -2.29. The van der Waals surface area contributed by atoms with Crippen molar-refractivity contribution in [1.29, 1.82) is 0 Å². The standard InChI is InChI=1S/C22H29N3O/c1-15-21(16(2)25(23-15)20-7-5-4-6-8-20)14-24(3)22(26)13-19-12-17-9-10-18(19)11-17/h4-8,17-19H,9-14H2,1-3H3/t17-,18-,19-/m1/s1. The summed E-state index contributed by atoms with van der Waals surface area (Å²) in [5, 5.41) is 4.71. The first-order valence-electron chi connectivity index (χ1n) is 9.87. The molecule has 4 rings (SSSR count). The number of benzene rings is 1. The van der Waals surface area contributed by atoms with Crippen LogP contribution in [-0.2, 0) is 11.3 Å². The van der Waals surface area contributed by atoms with Gasteiger partial charge in [-0.15, -0.1) is 0 Å². The molecule has 1 amide bonds. The van der Waals surface area contributed by atoms with Crippen molar-refractivity contribution in [1.82, 2.24) is 14.7 Å². The maximum absolute atomic E-state index is 12.8. The highest BCUT2D eigenvalue weighted by molar-refractivity contribution is 5.76. The fourth-order valence-corrected chi connectivity index (χ4v) is 5.06. The third-order valence-corrected chi connectivity index (χ3v) is 6.58. The topological polar surface area (TPSA) is 38.1 Å². The highest BCUT2D eigenvalue weighted by Gasteiger charge is 2.40. The van der Waals surface area contributed by atoms with E-state index in [1.807, 2.05) is 41.8 Å². The van der Waals surface area contributed by atoms with Crippen molar-refractivity contribution in [2.75, 3.05) is 7.05 Å². The average Bonchev–Trinajstić information content (AvgIpc) is 3.33. The van der Waals surface area contributed by atoms with Crippen molar-refractivity contribution < 1.29 is 4.79 Å². The minimum atomic E-state index is 0.286. The van der Waals surface area contributed by atoms with Gasteiger partial charge in [-0.25, -0.2) is 4.68 Å². The Bertz CT molecular complexity index is 795. The van der Waals surface area contributed by atoms with E-state index in [0.717, 1.165) is 40.9 Å². The summed E-state index contributed by atoms with van der Waals surface area (Å²) in [5.41, 5.74) is 4.35. The van der Waals surface area contributed by atoms with Gasteiger partial charge in [-0.05, 0) is 63.0 Å². The number of rotatable bonds is 5. The number of hydrogen-bond acceptors (Lipinski definition) is 2. The van der Waals surface area contributed by atoms with Gasteiger partial charge in [0, 0.05) is 31.3 Å². The second-order valence-electron chi connectivity index (χ2n) is 8.29. The Hall–Kier alpha value is -2.10. The molecule has 2 aromatic rings. The van der Waals surface area contributed by atoms with Gasteiger partial charge in [0.25, 0.3) is 0 Å². The summed E-state index contributed by atoms with van der Waals surface area (Å²) in [4.78, 5) is 14.7. The Balaban J connectivity index is 1.45. The SMILES string of the molecule is Cc1nn(-c2ccccc2)c(C)c1CN(C)C(=O)C[C@H]1C[C@@H]2CC[C@@H]1C2. The van der Waals surface area contributed by atoms with E-state index in [0.29, 0.717) is 12.5 Å². The van der Waals surface area contributed by atoms with Gasteiger partial charge in [-0.1, -0.05) is 24.6 Å². The summed E-state index contributed by atoms with van der Waals surface area (Å²) in [6.45, 7) is 4.77. The van der Waals surface area contributed by atoms with Gasteiger partial charge in [-0.2, -0.15) is 5.10 Å². The molecule has 1 aromatic carbocycles. The Labute approximate surface area is 156 Å². The summed E-state index contributed by atoms with van der Waals surface area (Å²) in [7, 11) is 1.94. The number of amides is 1. The largest absolute Gasteiger partial charge is 0.341 e. The zero-order valence-electron chi connectivity index (χ0n) is 16.1. The van der Waals surface area contributed by atoms with E-state index >= 15 is 0 Å². The first-order valence-corrected chi connectivity index (χ1v) is 9.87. The summed E-state index contributed by atoms with van der Waals surface area (Å²) in [6, 6.07) is 10.2. The molecule has 26 heavy (non-hydrogen) atoms. The molecule has 0 radical (unpaired) electrons. The van der Waals surface area contributed by atoms with Crippen LogP contribution < -0.4 is 0 Å². The summed E-state index contributed by atoms with van der Waals surface area (Å²) in [5.74, 6) is 2.62. The van der Waals surface area contributed by atoms with Crippen LogP contribution in [0.15, 0.2) is 30.3 Å². The molecule has 1 aromatic heterocycles. The lowest BCUT2D eigenvalue weighted by atomic mass is 9.86. The number of carbonyl (C=O) groups excluding carboxylic acids is 1. The van der Waals surface area contributed by atoms with Crippen molar-refractivity contribution >= 4 is 5.91 Å². The molecule has 3 atom stereocenters. The molecule has 4 nitrogen and oxygen atoms in total. The molecule has 0 N–H and O–H groups in total. The van der Waals surface area contributed by atoms with Gasteiger partial charge in [0.1, 0.15) is 0 Å². The van der Waals surface area contributed by atoms with Gasteiger partial charge >= 0.3 is 0 Å². The lowest BCUT2D eigenvalue weighted by molar-refractivity contribution is -0.131. The highest BCUT2D eigenvalue weighted by atomic mass is 16.2. The Morgan fingerprint density at radius 2 is 1.96 bits per heavy atom. The fourth-order valence-electron chi connectivity index (χ4n) is 5.06. The summed E-state index contributed by atoms with van der Waals surface area (Å²) in [6.07, 6.45) is 6.09. The van der Waals surface area contributed by atoms with E-state index in [-0.39, 0.29) is 5.91 Å². The van der Waals surface area contributed by atoms with Crippen LogP contribution in [-0.4, -0.2) is 27.6 Å². The molecule has 0 unspecified atom stereocenters. The van der Waals surface area contributed by atoms with Crippen LogP contribution in [0, 0.1) is 31.6 Å². The molecule has 0 spiro atoms. The van der Waals surface area contributed by atoms with Gasteiger partial charge in [-0.3, -0.25) is 4.79 Å². The molecule has 1 heterocycles. The van der Waals surface area contributed by atoms with E-state index in [1.54, 1.807) is 0 Å². The average molecular weight is 351 g/mol. The third kappa shape index (κ3) is 3.17. The molecule has 2 bridgehead atoms. The number of aryl methyl sites for hydroxylation is 1. The Morgan fingerprint density at radius 3 is 2.62 bits per heavy atom. The predicted molar refractivity (Wildman–Crippen MR) is 103 cm³/mol. The molecule has 0 saturated heterocycles. The van der Waals surface area contributed by atoms with E-state index in [4.69, 9.17) is 5.10 Å². The maximum atomic E-state index is 12.8. The molecule has 2 saturated carbocycles. The van der Waals surface area contributed by atoms with Crippen LogP contribution in [0.1, 0.15) is 49.1 Å². The van der Waals surface area contributed by atoms with Gasteiger partial charge in [0.15, 0.2) is 0 Å². The zero-order valence-corrected chi connectivity index (χ0v) is 16.1. The summed E-state index contributed by atoms with van der Waals surface area (Å²) < 4.78 is 1.99. The second kappa shape index (κ2) is 6.90. The van der Waals surface area contributed by atoms with E-state index in [1.165, 1.54) is 25.7 Å². The zero-order chi connectivity index (χ0) is 18.3. The minimum absolute atomic E-state index is 0.286. The van der Waals surface area contributed by atoms with Gasteiger partial charge in [0.2, 0.25) is 5.91 Å². The number of fused-ring (bicyclic) bond motifs is 2. The number of carbonyl (C=O) groups is 1. The normalized spacial score (nSPS) is 24.2. The summed E-state index contributed by atoms with van der Waals surface area (Å²) >= 11 is 0. The van der Waals surface area contributed by atoms with Gasteiger partial charge in [0.05, 0.1) is 11.4 Å². The van der Waals surface area contributed by atoms with Crippen LogP contribution in [0.4, 0.5) is 0 Å². The Kier molecular flexibility index (Phi) is 4.60. The van der Waals surface area contributed by atoms with Crippen LogP contribution in [0.5, 0.6) is 0 Å². The highest BCUT2D eigenvalue weighted by Crippen LogP contribution is 2.49. The van der Waals surface area contributed by atoms with Gasteiger partial charge < -0.3 is 4.90 Å². The monoisotopic (exact) mass is 351 g/mol. The first kappa shape index (κ1) is 17.3. The third-order valence-electron chi connectivity index (χ3n) is 6.58. The number of hydrogen-bond donors (Lipinski definition) is 0.